The van der Waals surface area contributed by atoms with E-state index in [4.69, 9.17) is 19.2 Å². The van der Waals surface area contributed by atoms with E-state index in [9.17, 15) is 0 Å². The van der Waals surface area contributed by atoms with E-state index >= 15 is 0 Å². The van der Waals surface area contributed by atoms with Crippen molar-refractivity contribution in [2.75, 3.05) is 0 Å². The Hall–Kier alpha value is 2.23. The fraction of sp³-hybridized carbons (Fsp3) is 0. The Morgan fingerprint density at radius 2 is 1.14 bits per heavy atom. The van der Waals surface area contributed by atoms with Gasteiger partial charge in [0, 0.05) is 0 Å². The van der Waals surface area contributed by atoms with Gasteiger partial charge >= 0.3 is 62.9 Å². The summed E-state index contributed by atoms with van der Waals surface area (Å²) >= 11 is 0. The van der Waals surface area contributed by atoms with E-state index in [1.807, 2.05) is 0 Å². The van der Waals surface area contributed by atoms with Crippen LogP contribution in [-0.2, 0) is 4.57 Å². The van der Waals surface area contributed by atoms with Gasteiger partial charge in [0.25, 0.3) is 0 Å². The van der Waals surface area contributed by atoms with Crippen molar-refractivity contribution in [2.24, 2.45) is 0 Å². The molecular weight excluding hydrogens is 441 g/mol. The van der Waals surface area contributed by atoms with Crippen LogP contribution in [0.3, 0.4) is 0 Å². The van der Waals surface area contributed by atoms with E-state index in [2.05, 4.69) is 0 Å². The van der Waals surface area contributed by atoms with Gasteiger partial charge in [-0.25, -0.2) is 0 Å². The molecule has 0 amide bonds. The van der Waals surface area contributed by atoms with E-state index in [0.717, 1.165) is 0 Å². The van der Waals surface area contributed by atoms with Gasteiger partial charge in [-0.3, -0.25) is 0 Å². The van der Waals surface area contributed by atoms with Crippen LogP contribution in [0.4, 0.5) is 0 Å². The first kappa shape index (κ1) is 16.1. The Morgan fingerprint density at radius 3 is 1.14 bits per heavy atom. The maximum Gasteiger partial charge on any atom is 3.00 e. The fourth-order valence-electron chi connectivity index (χ4n) is 0. The van der Waals surface area contributed by atoms with Crippen molar-refractivity contribution in [1.82, 2.24) is 0 Å². The molecule has 34 valence electrons. The minimum Gasteiger partial charge on any atom is -0.822 e. The summed E-state index contributed by atoms with van der Waals surface area (Å²) < 4.78 is 8.55. The normalized spacial score (nSPS) is 8.43. The van der Waals surface area contributed by atoms with E-state index in [0.29, 0.717) is 0 Å². The predicted octanol–water partition coefficient (Wildman–Crippen LogP) is -3.21. The minimum atomic E-state index is -5.39. The van der Waals surface area contributed by atoms with Crippen LogP contribution in [0.15, 0.2) is 0 Å². The summed E-state index contributed by atoms with van der Waals surface area (Å²) in [6.45, 7) is 0. The van der Waals surface area contributed by atoms with Gasteiger partial charge in [0.05, 0.1) is 0 Å². The summed E-state index contributed by atoms with van der Waals surface area (Å²) in [5, 5.41) is 0. The zero-order chi connectivity index (χ0) is 4.50. The number of phosphoric acid groups is 1. The number of hydrogen-bond donors (Lipinski definition) is 0. The Morgan fingerprint density at radius 1 is 1.14 bits per heavy atom. The van der Waals surface area contributed by atoms with Gasteiger partial charge in [-0.2, -0.15) is 7.82 Å². The van der Waals surface area contributed by atoms with Gasteiger partial charge < -0.3 is 19.2 Å². The predicted molar refractivity (Wildman–Crippen MR) is 13.4 cm³/mol. The maximum absolute atomic E-state index is 8.55. The Balaban J connectivity index is -0.0000000800. The molecule has 0 aliphatic carbocycles. The molecule has 0 bridgehead atoms. The molecule has 0 spiro atoms. The van der Waals surface area contributed by atoms with Crippen LogP contribution in [0.25, 0.3) is 0 Å². The van der Waals surface area contributed by atoms with E-state index < -0.39 is 7.82 Å². The topological polar surface area (TPSA) is 86.2 Å². The molecule has 0 fully saturated rings. The van der Waals surface area contributed by atoms with Crippen molar-refractivity contribution in [3.8, 4) is 0 Å². The molecule has 2 radical (unpaired) electrons. The largest absolute Gasteiger partial charge is 3.00 e. The van der Waals surface area contributed by atoms with Crippen molar-refractivity contribution < 1.29 is 54.8 Å². The molecular formula is LaO4PPb+2. The van der Waals surface area contributed by atoms with Crippen molar-refractivity contribution in [1.29, 1.82) is 0 Å². The molecule has 0 saturated carbocycles. The zero-order valence-electron chi connectivity index (χ0n) is 3.16. The van der Waals surface area contributed by atoms with Gasteiger partial charge in [-0.05, 0) is 0 Å². The first-order chi connectivity index (χ1) is 2.00. The number of rotatable bonds is 0. The first-order valence-corrected chi connectivity index (χ1v) is 2.19. The standard InChI is InChI=1S/La.H3O4P.Pb/c;1-5(2,3)4;/h;(H3,1,2,3,4);/q+3;;+2/p-3. The molecule has 0 rings (SSSR count). The van der Waals surface area contributed by atoms with E-state index in [1.165, 1.54) is 0 Å². The van der Waals surface area contributed by atoms with Crippen LogP contribution in [0, 0.1) is 35.6 Å². The second-order valence-electron chi connectivity index (χ2n) is 0.447. The third-order valence-corrected chi connectivity index (χ3v) is 0. The summed E-state index contributed by atoms with van der Waals surface area (Å²) in [6, 6.07) is 0. The molecule has 7 heteroatoms. The van der Waals surface area contributed by atoms with E-state index in [-0.39, 0.29) is 62.9 Å². The number of hydrogen-bond acceptors (Lipinski definition) is 4. The van der Waals surface area contributed by atoms with Crippen LogP contribution in [0.1, 0.15) is 0 Å². The summed E-state index contributed by atoms with van der Waals surface area (Å²) in [4.78, 5) is 25.6. The molecule has 0 N–H and O–H groups in total. The molecule has 0 unspecified atom stereocenters. The van der Waals surface area contributed by atoms with Crippen molar-refractivity contribution >= 4 is 35.1 Å². The summed E-state index contributed by atoms with van der Waals surface area (Å²) in [5.74, 6) is 0. The molecule has 4 nitrogen and oxygen atoms in total. The average molecular weight is 441 g/mol. The van der Waals surface area contributed by atoms with Crippen molar-refractivity contribution in [3.63, 3.8) is 0 Å². The quantitative estimate of drug-likeness (QED) is 0.293. The summed E-state index contributed by atoms with van der Waals surface area (Å²) in [6.07, 6.45) is 0. The zero-order valence-corrected chi connectivity index (χ0v) is 11.6. The molecule has 0 atom stereocenters. The molecule has 0 aromatic carbocycles. The van der Waals surface area contributed by atoms with Crippen LogP contribution in [0.2, 0.25) is 0 Å². The molecule has 0 aromatic rings. The van der Waals surface area contributed by atoms with Crippen LogP contribution >= 0.6 is 7.82 Å². The monoisotopic (exact) mass is 442 g/mol. The van der Waals surface area contributed by atoms with Crippen LogP contribution in [0.5, 0.6) is 0 Å². The summed E-state index contributed by atoms with van der Waals surface area (Å²) in [7, 11) is -5.39. The van der Waals surface area contributed by atoms with Crippen molar-refractivity contribution in [3.05, 3.63) is 0 Å². The third kappa shape index (κ3) is 64.3. The average Bonchev–Trinajstić information content (AvgIpc) is 0.722. The maximum atomic E-state index is 8.55. The van der Waals surface area contributed by atoms with Gasteiger partial charge in [-0.1, -0.05) is 0 Å². The fourth-order valence-corrected chi connectivity index (χ4v) is 0. The van der Waals surface area contributed by atoms with Gasteiger partial charge in [0.2, 0.25) is 0 Å². The van der Waals surface area contributed by atoms with Gasteiger partial charge in [0.1, 0.15) is 0 Å². The van der Waals surface area contributed by atoms with Crippen LogP contribution < -0.4 is 14.7 Å². The Bertz CT molecular complexity index is 57.8. The molecule has 0 aliphatic rings. The Kier molecular flexibility index (Phi) is 14.6. The third-order valence-electron chi connectivity index (χ3n) is 0. The van der Waals surface area contributed by atoms with Crippen LogP contribution in [-0.4, -0.2) is 27.3 Å². The minimum absolute atomic E-state index is 0. The van der Waals surface area contributed by atoms with Crippen molar-refractivity contribution in [2.45, 2.75) is 0 Å². The first-order valence-electron chi connectivity index (χ1n) is 0.730. The molecule has 0 saturated heterocycles. The van der Waals surface area contributed by atoms with E-state index in [1.54, 1.807) is 0 Å². The molecule has 7 heavy (non-hydrogen) atoms. The molecule has 0 heterocycles. The Labute approximate surface area is 88.7 Å². The summed E-state index contributed by atoms with van der Waals surface area (Å²) in [5.41, 5.74) is 0. The van der Waals surface area contributed by atoms with Gasteiger partial charge in [-0.15, -0.1) is 0 Å². The molecule has 0 aliphatic heterocycles. The molecule has 0 aromatic heterocycles. The SMILES string of the molecule is O=P([O-])([O-])[O-].[La+3].[Pb+2]. The second kappa shape index (κ2) is 6.35. The van der Waals surface area contributed by atoms with Gasteiger partial charge in [0.15, 0.2) is 0 Å². The second-order valence-corrected chi connectivity index (χ2v) is 1.34. The smallest absolute Gasteiger partial charge is 0.822 e.